The van der Waals surface area contributed by atoms with Gasteiger partial charge in [-0.1, -0.05) is 0 Å². The van der Waals surface area contributed by atoms with E-state index in [-0.39, 0.29) is 5.56 Å². The molecule has 3 heterocycles. The Morgan fingerprint density at radius 3 is 2.52 bits per heavy atom. The van der Waals surface area contributed by atoms with Gasteiger partial charge in [-0.25, -0.2) is 9.67 Å². The molecule has 0 amide bonds. The topological polar surface area (TPSA) is 67.4 Å². The third kappa shape index (κ3) is 4.05. The van der Waals surface area contributed by atoms with Crippen LogP contribution in [0.2, 0.25) is 0 Å². The highest BCUT2D eigenvalue weighted by molar-refractivity contribution is 5.04. The Bertz CT molecular complexity index is 700. The molecule has 3 rings (SSSR count). The third-order valence-electron chi connectivity index (χ3n) is 4.31. The lowest BCUT2D eigenvalue weighted by Crippen LogP contribution is -2.47. The van der Waals surface area contributed by atoms with E-state index in [4.69, 9.17) is 4.42 Å². The van der Waals surface area contributed by atoms with Gasteiger partial charge in [-0.2, -0.15) is 5.10 Å². The van der Waals surface area contributed by atoms with Crippen molar-refractivity contribution in [3.63, 3.8) is 0 Å². The number of oxazole rings is 1. The molecule has 2 aromatic heterocycles. The van der Waals surface area contributed by atoms with Gasteiger partial charge in [0.05, 0.1) is 17.9 Å². The average Bonchev–Trinajstić information content (AvgIpc) is 2.95. The molecular weight excluding hydrogens is 294 g/mol. The van der Waals surface area contributed by atoms with Gasteiger partial charge in [0, 0.05) is 45.3 Å². The van der Waals surface area contributed by atoms with E-state index in [1.54, 1.807) is 16.8 Å². The fourth-order valence-electron chi connectivity index (χ4n) is 2.81. The van der Waals surface area contributed by atoms with Gasteiger partial charge in [0.25, 0.3) is 5.56 Å². The zero-order valence-electron chi connectivity index (χ0n) is 13.7. The first-order chi connectivity index (χ1) is 11.1. The highest BCUT2D eigenvalue weighted by Crippen LogP contribution is 2.10. The number of piperazine rings is 1. The van der Waals surface area contributed by atoms with Crippen molar-refractivity contribution in [2.75, 3.05) is 32.7 Å². The van der Waals surface area contributed by atoms with Crippen molar-refractivity contribution in [3.8, 4) is 0 Å². The largest absolute Gasteiger partial charge is 0.448 e. The van der Waals surface area contributed by atoms with Crippen LogP contribution in [0.1, 0.15) is 17.1 Å². The summed E-state index contributed by atoms with van der Waals surface area (Å²) < 4.78 is 6.80. The van der Waals surface area contributed by atoms with Gasteiger partial charge in [0.2, 0.25) is 0 Å². The Morgan fingerprint density at radius 2 is 1.83 bits per heavy atom. The van der Waals surface area contributed by atoms with Crippen LogP contribution in [0.3, 0.4) is 0 Å². The maximum atomic E-state index is 11.8. The van der Waals surface area contributed by atoms with Crippen molar-refractivity contribution in [1.29, 1.82) is 0 Å². The second-order valence-corrected chi connectivity index (χ2v) is 6.01. The Kier molecular flexibility index (Phi) is 4.88. The summed E-state index contributed by atoms with van der Waals surface area (Å²) >= 11 is 0. The minimum Gasteiger partial charge on any atom is -0.448 e. The number of nitrogens with zero attached hydrogens (tertiary/aromatic N) is 5. The minimum absolute atomic E-state index is 0.0317. The zero-order valence-corrected chi connectivity index (χ0v) is 13.7. The van der Waals surface area contributed by atoms with E-state index in [2.05, 4.69) is 19.9 Å². The predicted molar refractivity (Wildman–Crippen MR) is 86.2 cm³/mol. The van der Waals surface area contributed by atoms with Gasteiger partial charge in [-0.3, -0.25) is 14.6 Å². The van der Waals surface area contributed by atoms with Gasteiger partial charge in [0.15, 0.2) is 6.39 Å². The van der Waals surface area contributed by atoms with Gasteiger partial charge in [0.1, 0.15) is 5.76 Å². The summed E-state index contributed by atoms with van der Waals surface area (Å²) in [6, 6.07) is 3.34. The van der Waals surface area contributed by atoms with Crippen LogP contribution < -0.4 is 5.56 Å². The minimum atomic E-state index is -0.0317. The zero-order chi connectivity index (χ0) is 16.2. The standard InChI is InChI=1S/C16H23N5O2/c1-13-3-4-16(22)21(18-13)10-9-19-5-7-20(8-6-19)11-15-14(2)23-12-17-15/h3-4,12H,5-11H2,1-2H3. The first-order valence-electron chi connectivity index (χ1n) is 8.00. The second-order valence-electron chi connectivity index (χ2n) is 6.01. The smallest absolute Gasteiger partial charge is 0.266 e. The Balaban J connectivity index is 1.47. The van der Waals surface area contributed by atoms with Gasteiger partial charge < -0.3 is 4.42 Å². The second kappa shape index (κ2) is 7.06. The van der Waals surface area contributed by atoms with E-state index in [1.807, 2.05) is 13.8 Å². The molecular formula is C16H23N5O2. The third-order valence-corrected chi connectivity index (χ3v) is 4.31. The molecule has 1 aliphatic heterocycles. The molecule has 7 heteroatoms. The fourth-order valence-corrected chi connectivity index (χ4v) is 2.81. The van der Waals surface area contributed by atoms with Crippen LogP contribution in [0.15, 0.2) is 27.7 Å². The number of hydrogen-bond acceptors (Lipinski definition) is 6. The van der Waals surface area contributed by atoms with E-state index < -0.39 is 0 Å². The molecule has 124 valence electrons. The predicted octanol–water partition coefficient (Wildman–Crippen LogP) is 0.666. The Labute approximate surface area is 135 Å². The SMILES string of the molecule is Cc1ccc(=O)n(CCN2CCN(Cc3ncoc3C)CC2)n1. The number of rotatable bonds is 5. The number of aromatic nitrogens is 3. The highest BCUT2D eigenvalue weighted by atomic mass is 16.3. The first kappa shape index (κ1) is 15.9. The lowest BCUT2D eigenvalue weighted by atomic mass is 10.2. The molecule has 1 fully saturated rings. The van der Waals surface area contributed by atoms with Crippen molar-refractivity contribution in [2.45, 2.75) is 26.9 Å². The first-order valence-corrected chi connectivity index (χ1v) is 8.00. The normalized spacial score (nSPS) is 16.8. The summed E-state index contributed by atoms with van der Waals surface area (Å²) in [4.78, 5) is 20.8. The average molecular weight is 317 g/mol. The fraction of sp³-hybridized carbons (Fsp3) is 0.562. The highest BCUT2D eigenvalue weighted by Gasteiger charge is 2.18. The van der Waals surface area contributed by atoms with Crippen LogP contribution in [0, 0.1) is 13.8 Å². The summed E-state index contributed by atoms with van der Waals surface area (Å²) in [5, 5.41) is 4.28. The Hall–Kier alpha value is -1.99. The molecule has 0 atom stereocenters. The lowest BCUT2D eigenvalue weighted by Gasteiger charge is -2.34. The Morgan fingerprint density at radius 1 is 1.09 bits per heavy atom. The molecule has 0 aliphatic carbocycles. The monoisotopic (exact) mass is 317 g/mol. The maximum Gasteiger partial charge on any atom is 0.266 e. The van der Waals surface area contributed by atoms with Crippen molar-refractivity contribution in [3.05, 3.63) is 46.0 Å². The van der Waals surface area contributed by atoms with E-state index in [9.17, 15) is 4.79 Å². The molecule has 23 heavy (non-hydrogen) atoms. The lowest BCUT2D eigenvalue weighted by molar-refractivity contribution is 0.121. The van der Waals surface area contributed by atoms with E-state index in [1.165, 1.54) is 6.39 Å². The maximum absolute atomic E-state index is 11.8. The summed E-state index contributed by atoms with van der Waals surface area (Å²) in [7, 11) is 0. The number of hydrogen-bond donors (Lipinski definition) is 0. The molecule has 0 saturated carbocycles. The van der Waals surface area contributed by atoms with Gasteiger partial charge in [-0.15, -0.1) is 0 Å². The number of aryl methyl sites for hydroxylation is 2. The van der Waals surface area contributed by atoms with Crippen LogP contribution in [-0.4, -0.2) is 57.3 Å². The van der Waals surface area contributed by atoms with Gasteiger partial charge in [-0.05, 0) is 19.9 Å². The molecule has 7 nitrogen and oxygen atoms in total. The van der Waals surface area contributed by atoms with E-state index in [0.29, 0.717) is 6.54 Å². The van der Waals surface area contributed by atoms with Crippen molar-refractivity contribution >= 4 is 0 Å². The summed E-state index contributed by atoms with van der Waals surface area (Å²) in [6.07, 6.45) is 1.51. The molecule has 0 spiro atoms. The molecule has 2 aromatic rings. The van der Waals surface area contributed by atoms with Crippen molar-refractivity contribution in [1.82, 2.24) is 24.6 Å². The summed E-state index contributed by atoms with van der Waals surface area (Å²) in [6.45, 7) is 10.2. The van der Waals surface area contributed by atoms with Crippen LogP contribution in [0.5, 0.6) is 0 Å². The van der Waals surface area contributed by atoms with Crippen LogP contribution in [0.25, 0.3) is 0 Å². The van der Waals surface area contributed by atoms with E-state index in [0.717, 1.165) is 56.4 Å². The summed E-state index contributed by atoms with van der Waals surface area (Å²) in [5.74, 6) is 0.900. The van der Waals surface area contributed by atoms with E-state index >= 15 is 0 Å². The molecule has 1 saturated heterocycles. The quantitative estimate of drug-likeness (QED) is 0.807. The van der Waals surface area contributed by atoms with Crippen molar-refractivity contribution in [2.24, 2.45) is 0 Å². The summed E-state index contributed by atoms with van der Waals surface area (Å²) in [5.41, 5.74) is 1.86. The van der Waals surface area contributed by atoms with Gasteiger partial charge >= 0.3 is 0 Å². The van der Waals surface area contributed by atoms with Crippen molar-refractivity contribution < 1.29 is 4.42 Å². The molecule has 0 aromatic carbocycles. The molecule has 1 aliphatic rings. The molecule has 0 unspecified atom stereocenters. The van der Waals surface area contributed by atoms with Crippen LogP contribution in [-0.2, 0) is 13.1 Å². The van der Waals surface area contributed by atoms with Crippen LogP contribution >= 0.6 is 0 Å². The molecule has 0 N–H and O–H groups in total. The molecule has 0 radical (unpaired) electrons. The molecule has 0 bridgehead atoms. The van der Waals surface area contributed by atoms with Crippen LogP contribution in [0.4, 0.5) is 0 Å².